The Morgan fingerprint density at radius 1 is 1.40 bits per heavy atom. The molecule has 0 atom stereocenters. The molecule has 0 aliphatic rings. The van der Waals surface area contributed by atoms with Crippen molar-refractivity contribution in [2.75, 3.05) is 0 Å². The van der Waals surface area contributed by atoms with Gasteiger partial charge in [-0.05, 0) is 0 Å². The number of hydrogen-bond acceptors (Lipinski definition) is 2. The van der Waals surface area contributed by atoms with Gasteiger partial charge in [-0.25, -0.2) is 0 Å². The van der Waals surface area contributed by atoms with Gasteiger partial charge in [0.05, 0.1) is 0 Å². The van der Waals surface area contributed by atoms with Crippen molar-refractivity contribution in [3.8, 4) is 6.19 Å². The molecular weight excluding hydrogens is 118 g/mol. The molecule has 0 fully saturated rings. The quantitative estimate of drug-likeness (QED) is 0.196. The van der Waals surface area contributed by atoms with E-state index in [2.05, 4.69) is 5.73 Å². The molecular formula is CH2K2N2+2. The average Bonchev–Trinajstić information content (AvgIpc) is 0.918. The fourth-order valence-corrected chi connectivity index (χ4v) is 0. The van der Waals surface area contributed by atoms with Crippen LogP contribution in [0.5, 0.6) is 0 Å². The Bertz CT molecular complexity index is 29.1. The zero-order chi connectivity index (χ0) is 2.71. The molecule has 2 N–H and O–H groups in total. The van der Waals surface area contributed by atoms with E-state index in [4.69, 9.17) is 5.26 Å². The van der Waals surface area contributed by atoms with E-state index >= 15 is 0 Å². The van der Waals surface area contributed by atoms with Crippen LogP contribution in [-0.4, -0.2) is 0 Å². The topological polar surface area (TPSA) is 49.8 Å². The maximum Gasteiger partial charge on any atom is 1.00 e. The van der Waals surface area contributed by atoms with Crippen molar-refractivity contribution in [2.45, 2.75) is 0 Å². The number of nitrogens with two attached hydrogens (primary N) is 1. The van der Waals surface area contributed by atoms with Crippen LogP contribution in [-0.2, 0) is 0 Å². The minimum Gasteiger partial charge on any atom is -0.337 e. The van der Waals surface area contributed by atoms with Gasteiger partial charge in [-0.3, -0.25) is 0 Å². The van der Waals surface area contributed by atoms with Crippen LogP contribution >= 0.6 is 0 Å². The van der Waals surface area contributed by atoms with E-state index in [1.165, 1.54) is 6.19 Å². The van der Waals surface area contributed by atoms with Gasteiger partial charge in [-0.15, -0.1) is 0 Å². The van der Waals surface area contributed by atoms with Gasteiger partial charge in [0.15, 0.2) is 6.19 Å². The van der Waals surface area contributed by atoms with E-state index in [9.17, 15) is 0 Å². The molecule has 0 aliphatic carbocycles. The second kappa shape index (κ2) is 16.0. The van der Waals surface area contributed by atoms with Crippen molar-refractivity contribution in [1.82, 2.24) is 0 Å². The zero-order valence-electron chi connectivity index (χ0n) is 3.52. The van der Waals surface area contributed by atoms with Gasteiger partial charge in [0.25, 0.3) is 0 Å². The first-order valence-electron chi connectivity index (χ1n) is 0.512. The molecule has 0 rings (SSSR count). The summed E-state index contributed by atoms with van der Waals surface area (Å²) >= 11 is 0. The first-order chi connectivity index (χ1) is 1.41. The van der Waals surface area contributed by atoms with E-state index < -0.39 is 0 Å². The number of nitrogens with zero attached hydrogens (tertiary/aromatic N) is 1. The molecule has 16 valence electrons. The van der Waals surface area contributed by atoms with Crippen molar-refractivity contribution in [3.05, 3.63) is 0 Å². The molecule has 0 aromatic heterocycles. The minimum atomic E-state index is 0. The van der Waals surface area contributed by atoms with E-state index in [0.29, 0.717) is 0 Å². The van der Waals surface area contributed by atoms with Crippen LogP contribution in [0.25, 0.3) is 0 Å². The van der Waals surface area contributed by atoms with Crippen molar-refractivity contribution >= 4 is 0 Å². The van der Waals surface area contributed by atoms with E-state index in [0.717, 1.165) is 0 Å². The van der Waals surface area contributed by atoms with E-state index in [1.54, 1.807) is 0 Å². The molecule has 0 spiro atoms. The predicted octanol–water partition coefficient (Wildman–Crippen LogP) is -6.57. The van der Waals surface area contributed by atoms with Crippen LogP contribution in [0.2, 0.25) is 0 Å². The second-order valence-corrected chi connectivity index (χ2v) is 0.129. The van der Waals surface area contributed by atoms with Crippen LogP contribution in [0.1, 0.15) is 0 Å². The summed E-state index contributed by atoms with van der Waals surface area (Å²) in [5.41, 5.74) is 4.15. The molecule has 5 heavy (non-hydrogen) atoms. The van der Waals surface area contributed by atoms with Gasteiger partial charge in [0, 0.05) is 0 Å². The normalized spacial score (nSPS) is 1.40. The van der Waals surface area contributed by atoms with Gasteiger partial charge in [-0.2, -0.15) is 5.26 Å². The third-order valence-electron chi connectivity index (χ3n) is 0. The first kappa shape index (κ1) is 15.6. The summed E-state index contributed by atoms with van der Waals surface area (Å²) in [5.74, 6) is 0. The predicted molar refractivity (Wildman–Crippen MR) is 9.80 cm³/mol. The van der Waals surface area contributed by atoms with E-state index in [1.807, 2.05) is 0 Å². The molecule has 0 bridgehead atoms. The van der Waals surface area contributed by atoms with Gasteiger partial charge in [0.2, 0.25) is 0 Å². The minimum absolute atomic E-state index is 0. The Balaban J connectivity index is -0.0000000200. The monoisotopic (exact) mass is 120 g/mol. The SMILES string of the molecule is N#CN.[K+].[K+]. The van der Waals surface area contributed by atoms with Crippen LogP contribution in [0.4, 0.5) is 0 Å². The third-order valence-corrected chi connectivity index (χ3v) is 0. The average molecular weight is 120 g/mol. The molecule has 0 saturated heterocycles. The Morgan fingerprint density at radius 2 is 1.40 bits per heavy atom. The fraction of sp³-hybridized carbons (Fsp3) is 0. The summed E-state index contributed by atoms with van der Waals surface area (Å²) in [6, 6.07) is 0. The molecule has 4 heteroatoms. The van der Waals surface area contributed by atoms with Crippen LogP contribution in [0.3, 0.4) is 0 Å². The summed E-state index contributed by atoms with van der Waals surface area (Å²) in [7, 11) is 0. The standard InChI is InChI=1S/CH2N2.2K/c2-1-3;;/h2H2;;/q;2*+1. The largest absolute Gasteiger partial charge is 1.00 e. The Labute approximate surface area is 116 Å². The molecule has 0 saturated carbocycles. The molecule has 0 heterocycles. The smallest absolute Gasteiger partial charge is 0.337 e. The van der Waals surface area contributed by atoms with Crippen molar-refractivity contribution < 1.29 is 103 Å². The van der Waals surface area contributed by atoms with Crippen molar-refractivity contribution in [3.63, 3.8) is 0 Å². The van der Waals surface area contributed by atoms with Gasteiger partial charge in [-0.1, -0.05) is 0 Å². The molecule has 0 radical (unpaired) electrons. The van der Waals surface area contributed by atoms with Gasteiger partial charge in [0.1, 0.15) is 0 Å². The summed E-state index contributed by atoms with van der Waals surface area (Å²) in [4.78, 5) is 0. The molecule has 0 aliphatic heterocycles. The molecule has 0 aromatic carbocycles. The summed E-state index contributed by atoms with van der Waals surface area (Å²) in [6.07, 6.45) is 1.25. The number of rotatable bonds is 0. The number of hydrogen-bond donors (Lipinski definition) is 1. The van der Waals surface area contributed by atoms with E-state index in [-0.39, 0.29) is 103 Å². The van der Waals surface area contributed by atoms with Crippen molar-refractivity contribution in [1.29, 1.82) is 5.26 Å². The summed E-state index contributed by atoms with van der Waals surface area (Å²) < 4.78 is 0. The zero-order valence-corrected chi connectivity index (χ0v) is 9.77. The Kier molecular flexibility index (Phi) is 50.1. The first-order valence-corrected chi connectivity index (χ1v) is 0.512. The maximum atomic E-state index is 7.10. The summed E-state index contributed by atoms with van der Waals surface area (Å²) in [6.45, 7) is 0. The van der Waals surface area contributed by atoms with Gasteiger partial charge >= 0.3 is 103 Å². The third kappa shape index (κ3) is 20.8. The Morgan fingerprint density at radius 3 is 1.40 bits per heavy atom. The Hall–Kier alpha value is 2.56. The molecule has 0 amide bonds. The number of nitriles is 1. The maximum absolute atomic E-state index is 7.10. The fourth-order valence-electron chi connectivity index (χ4n) is 0. The molecule has 0 unspecified atom stereocenters. The molecule has 0 aromatic rings. The molecule has 2 nitrogen and oxygen atoms in total. The van der Waals surface area contributed by atoms with Crippen molar-refractivity contribution in [2.24, 2.45) is 5.73 Å². The van der Waals surface area contributed by atoms with Gasteiger partial charge < -0.3 is 5.73 Å². The van der Waals surface area contributed by atoms with Crippen LogP contribution < -0.4 is 109 Å². The summed E-state index contributed by atoms with van der Waals surface area (Å²) in [5, 5.41) is 7.10. The van der Waals surface area contributed by atoms with Crippen LogP contribution in [0, 0.1) is 11.5 Å². The second-order valence-electron chi connectivity index (χ2n) is 0.129. The van der Waals surface area contributed by atoms with Crippen LogP contribution in [0.15, 0.2) is 0 Å².